The van der Waals surface area contributed by atoms with E-state index in [0.29, 0.717) is 0 Å². The fourth-order valence-electron chi connectivity index (χ4n) is 1.75. The van der Waals surface area contributed by atoms with E-state index in [2.05, 4.69) is 10.3 Å². The van der Waals surface area contributed by atoms with Crippen LogP contribution in [0.5, 0.6) is 0 Å². The molecule has 0 aliphatic heterocycles. The Morgan fingerprint density at radius 3 is 2.53 bits per heavy atom. The van der Waals surface area contributed by atoms with Crippen molar-refractivity contribution in [1.29, 1.82) is 0 Å². The molecule has 1 aromatic heterocycles. The first-order chi connectivity index (χ1) is 9.06. The zero-order valence-electron chi connectivity index (χ0n) is 10.9. The highest BCUT2D eigenvalue weighted by molar-refractivity contribution is 5.75. The average molecular weight is 256 g/mol. The number of aromatic nitrogens is 1. The van der Waals surface area contributed by atoms with E-state index in [1.165, 1.54) is 0 Å². The van der Waals surface area contributed by atoms with Crippen LogP contribution in [-0.2, 0) is 4.79 Å². The van der Waals surface area contributed by atoms with Gasteiger partial charge in [-0.25, -0.2) is 4.98 Å². The highest BCUT2D eigenvalue weighted by atomic mass is 16.4. The van der Waals surface area contributed by atoms with Gasteiger partial charge in [-0.05, 0) is 49.2 Å². The monoisotopic (exact) mass is 256 g/mol. The van der Waals surface area contributed by atoms with E-state index in [-0.39, 0.29) is 0 Å². The summed E-state index contributed by atoms with van der Waals surface area (Å²) in [5.41, 5.74) is 2.81. The van der Waals surface area contributed by atoms with Crippen LogP contribution in [0.1, 0.15) is 24.0 Å². The number of pyridine rings is 1. The maximum atomic E-state index is 10.9. The SMILES string of the molecule is Cc1ccnc(Nc2ccc([C@H](C)C(=O)O)cc2)c1. The van der Waals surface area contributed by atoms with E-state index in [4.69, 9.17) is 5.11 Å². The zero-order valence-corrected chi connectivity index (χ0v) is 10.9. The van der Waals surface area contributed by atoms with Crippen molar-refractivity contribution in [2.75, 3.05) is 5.32 Å². The van der Waals surface area contributed by atoms with E-state index in [0.717, 1.165) is 22.6 Å². The van der Waals surface area contributed by atoms with Gasteiger partial charge in [-0.2, -0.15) is 0 Å². The molecule has 0 bridgehead atoms. The maximum absolute atomic E-state index is 10.9. The van der Waals surface area contributed by atoms with Crippen LogP contribution in [0.25, 0.3) is 0 Å². The predicted molar refractivity (Wildman–Crippen MR) is 74.7 cm³/mol. The highest BCUT2D eigenvalue weighted by Crippen LogP contribution is 2.20. The lowest BCUT2D eigenvalue weighted by molar-refractivity contribution is -0.138. The molecule has 0 unspecified atom stereocenters. The number of carboxylic acid groups (broad SMARTS) is 1. The normalized spacial score (nSPS) is 11.9. The molecule has 0 amide bonds. The number of benzene rings is 1. The molecule has 1 heterocycles. The van der Waals surface area contributed by atoms with E-state index < -0.39 is 11.9 Å². The molecular formula is C15H16N2O2. The maximum Gasteiger partial charge on any atom is 0.310 e. The molecule has 0 spiro atoms. The minimum Gasteiger partial charge on any atom is -0.481 e. The fraction of sp³-hybridized carbons (Fsp3) is 0.200. The number of hydrogen-bond donors (Lipinski definition) is 2. The number of aryl methyl sites for hydroxylation is 1. The van der Waals surface area contributed by atoms with Gasteiger partial charge in [0.15, 0.2) is 0 Å². The van der Waals surface area contributed by atoms with Crippen LogP contribution in [0.3, 0.4) is 0 Å². The number of carbonyl (C=O) groups is 1. The number of anilines is 2. The van der Waals surface area contributed by atoms with Gasteiger partial charge in [0.2, 0.25) is 0 Å². The molecule has 0 aliphatic carbocycles. The summed E-state index contributed by atoms with van der Waals surface area (Å²) >= 11 is 0. The minimum atomic E-state index is -0.818. The van der Waals surface area contributed by atoms with Crippen molar-refractivity contribution in [3.63, 3.8) is 0 Å². The van der Waals surface area contributed by atoms with Crippen LogP contribution in [0, 0.1) is 6.92 Å². The summed E-state index contributed by atoms with van der Waals surface area (Å²) in [5, 5.41) is 12.1. The van der Waals surface area contributed by atoms with E-state index in [1.807, 2.05) is 43.3 Å². The van der Waals surface area contributed by atoms with Gasteiger partial charge in [0, 0.05) is 11.9 Å². The Labute approximate surface area is 112 Å². The first-order valence-electron chi connectivity index (χ1n) is 6.08. The number of carboxylic acids is 1. The first-order valence-corrected chi connectivity index (χ1v) is 6.08. The van der Waals surface area contributed by atoms with Gasteiger partial charge >= 0.3 is 5.97 Å². The van der Waals surface area contributed by atoms with E-state index >= 15 is 0 Å². The van der Waals surface area contributed by atoms with Gasteiger partial charge in [0.1, 0.15) is 5.82 Å². The Morgan fingerprint density at radius 1 is 1.26 bits per heavy atom. The largest absolute Gasteiger partial charge is 0.481 e. The lowest BCUT2D eigenvalue weighted by Gasteiger charge is -2.09. The van der Waals surface area contributed by atoms with Gasteiger partial charge in [-0.15, -0.1) is 0 Å². The van der Waals surface area contributed by atoms with Crippen LogP contribution in [0.2, 0.25) is 0 Å². The third-order valence-corrected chi connectivity index (χ3v) is 2.97. The lowest BCUT2D eigenvalue weighted by Crippen LogP contribution is -2.07. The molecule has 2 rings (SSSR count). The van der Waals surface area contributed by atoms with Gasteiger partial charge in [0.25, 0.3) is 0 Å². The van der Waals surface area contributed by atoms with Crippen LogP contribution in [0.4, 0.5) is 11.5 Å². The minimum absolute atomic E-state index is 0.494. The average Bonchev–Trinajstić information content (AvgIpc) is 2.39. The second-order valence-corrected chi connectivity index (χ2v) is 4.53. The Bertz CT molecular complexity index is 579. The summed E-state index contributed by atoms with van der Waals surface area (Å²) in [5.74, 6) is -0.536. The Hall–Kier alpha value is -2.36. The summed E-state index contributed by atoms with van der Waals surface area (Å²) in [6, 6.07) is 11.2. The molecular weight excluding hydrogens is 240 g/mol. The number of hydrogen-bond acceptors (Lipinski definition) is 3. The van der Waals surface area contributed by atoms with Gasteiger partial charge < -0.3 is 10.4 Å². The molecule has 98 valence electrons. The molecule has 1 atom stereocenters. The zero-order chi connectivity index (χ0) is 13.8. The van der Waals surface area contributed by atoms with Gasteiger partial charge in [-0.3, -0.25) is 4.79 Å². The Kier molecular flexibility index (Phi) is 3.80. The number of rotatable bonds is 4. The van der Waals surface area contributed by atoms with Crippen molar-refractivity contribution < 1.29 is 9.90 Å². The Balaban J connectivity index is 2.13. The number of nitrogens with one attached hydrogen (secondary N) is 1. The number of nitrogens with zero attached hydrogens (tertiary/aromatic N) is 1. The van der Waals surface area contributed by atoms with Gasteiger partial charge in [0.05, 0.1) is 5.92 Å². The standard InChI is InChI=1S/C15H16N2O2/c1-10-7-8-16-14(9-10)17-13-5-3-12(4-6-13)11(2)15(18)19/h3-9,11H,1-2H3,(H,16,17)(H,18,19)/t11-/m0/s1. The molecule has 0 radical (unpaired) electrons. The smallest absolute Gasteiger partial charge is 0.310 e. The van der Waals surface area contributed by atoms with Crippen molar-refractivity contribution in [2.24, 2.45) is 0 Å². The molecule has 1 aromatic carbocycles. The van der Waals surface area contributed by atoms with Crippen molar-refractivity contribution >= 4 is 17.5 Å². The molecule has 2 aromatic rings. The molecule has 0 aliphatic rings. The third-order valence-electron chi connectivity index (χ3n) is 2.97. The summed E-state index contributed by atoms with van der Waals surface area (Å²) in [6.45, 7) is 3.68. The van der Waals surface area contributed by atoms with Gasteiger partial charge in [-0.1, -0.05) is 12.1 Å². The lowest BCUT2D eigenvalue weighted by atomic mass is 10.0. The topological polar surface area (TPSA) is 62.2 Å². The molecule has 0 saturated carbocycles. The van der Waals surface area contributed by atoms with Crippen LogP contribution in [-0.4, -0.2) is 16.1 Å². The highest BCUT2D eigenvalue weighted by Gasteiger charge is 2.12. The van der Waals surface area contributed by atoms with Crippen LogP contribution in [0.15, 0.2) is 42.6 Å². The van der Waals surface area contributed by atoms with E-state index in [1.54, 1.807) is 13.1 Å². The van der Waals surface area contributed by atoms with Crippen LogP contribution < -0.4 is 5.32 Å². The van der Waals surface area contributed by atoms with E-state index in [9.17, 15) is 4.79 Å². The Morgan fingerprint density at radius 2 is 1.95 bits per heavy atom. The second kappa shape index (κ2) is 5.52. The first kappa shape index (κ1) is 13.1. The quantitative estimate of drug-likeness (QED) is 0.880. The molecule has 2 N–H and O–H groups in total. The predicted octanol–water partition coefficient (Wildman–Crippen LogP) is 3.32. The van der Waals surface area contributed by atoms with Crippen molar-refractivity contribution in [2.45, 2.75) is 19.8 Å². The van der Waals surface area contributed by atoms with Crippen molar-refractivity contribution in [3.8, 4) is 0 Å². The summed E-state index contributed by atoms with van der Waals surface area (Å²) in [4.78, 5) is 15.1. The molecule has 4 heteroatoms. The van der Waals surface area contributed by atoms with Crippen molar-refractivity contribution in [1.82, 2.24) is 4.98 Å². The number of aliphatic carboxylic acids is 1. The molecule has 0 saturated heterocycles. The van der Waals surface area contributed by atoms with Crippen molar-refractivity contribution in [3.05, 3.63) is 53.7 Å². The molecule has 0 fully saturated rings. The molecule has 19 heavy (non-hydrogen) atoms. The fourth-order valence-corrected chi connectivity index (χ4v) is 1.75. The summed E-state index contributed by atoms with van der Waals surface area (Å²) < 4.78 is 0. The second-order valence-electron chi connectivity index (χ2n) is 4.53. The van der Waals surface area contributed by atoms with Crippen LogP contribution >= 0.6 is 0 Å². The third kappa shape index (κ3) is 3.31. The summed E-state index contributed by atoms with van der Waals surface area (Å²) in [6.07, 6.45) is 1.75. The molecule has 4 nitrogen and oxygen atoms in total. The summed E-state index contributed by atoms with van der Waals surface area (Å²) in [7, 11) is 0.